The zero-order chi connectivity index (χ0) is 15.2. The zero-order valence-corrected chi connectivity index (χ0v) is 13.8. The van der Waals surface area contributed by atoms with Gasteiger partial charge in [-0.1, -0.05) is 46.3 Å². The number of halogens is 1. The van der Waals surface area contributed by atoms with Crippen LogP contribution in [0, 0.1) is 0 Å². The quantitative estimate of drug-likeness (QED) is 0.678. The number of nitrogens with zero attached hydrogens (tertiary/aromatic N) is 2. The predicted octanol–water partition coefficient (Wildman–Crippen LogP) is 3.97. The molecule has 3 nitrogen and oxygen atoms in total. The number of hydrogen-bond acceptors (Lipinski definition) is 2. The third kappa shape index (κ3) is 4.06. The van der Waals surface area contributed by atoms with Crippen molar-refractivity contribution in [1.82, 2.24) is 15.1 Å². The first-order valence-electron chi connectivity index (χ1n) is 7.35. The van der Waals surface area contributed by atoms with Crippen molar-refractivity contribution in [2.24, 2.45) is 0 Å². The van der Waals surface area contributed by atoms with E-state index in [9.17, 15) is 0 Å². The van der Waals surface area contributed by atoms with Crippen molar-refractivity contribution >= 4 is 15.9 Å². The molecule has 1 N–H and O–H groups in total. The Balaban J connectivity index is 1.50. The number of hydrogen-bond donors (Lipinski definition) is 1. The minimum absolute atomic E-state index is 0.837. The molecule has 0 unspecified atom stereocenters. The van der Waals surface area contributed by atoms with Gasteiger partial charge >= 0.3 is 0 Å². The Labute approximate surface area is 139 Å². The summed E-state index contributed by atoms with van der Waals surface area (Å²) in [4.78, 5) is 0. The fourth-order valence-electron chi connectivity index (χ4n) is 2.30. The van der Waals surface area contributed by atoms with Gasteiger partial charge in [-0.15, -0.1) is 0 Å². The lowest BCUT2D eigenvalue weighted by Gasteiger charge is -2.03. The molecule has 1 heterocycles. The van der Waals surface area contributed by atoms with Crippen molar-refractivity contribution in [2.75, 3.05) is 6.54 Å². The van der Waals surface area contributed by atoms with Gasteiger partial charge in [0.25, 0.3) is 0 Å². The normalized spacial score (nSPS) is 10.8. The fraction of sp³-hybridized carbons (Fsp3) is 0.167. The van der Waals surface area contributed by atoms with E-state index in [4.69, 9.17) is 0 Å². The smallest absolute Gasteiger partial charge is 0.0646 e. The highest BCUT2D eigenvalue weighted by Crippen LogP contribution is 2.14. The lowest BCUT2D eigenvalue weighted by atomic mass is 10.1. The van der Waals surface area contributed by atoms with Gasteiger partial charge in [0.15, 0.2) is 0 Å². The average molecular weight is 356 g/mol. The molecule has 0 aliphatic heterocycles. The van der Waals surface area contributed by atoms with Crippen molar-refractivity contribution < 1.29 is 0 Å². The van der Waals surface area contributed by atoms with Gasteiger partial charge in [0.05, 0.1) is 11.9 Å². The van der Waals surface area contributed by atoms with E-state index in [1.807, 2.05) is 41.2 Å². The third-order valence-corrected chi connectivity index (χ3v) is 4.02. The Kier molecular flexibility index (Phi) is 5.03. The summed E-state index contributed by atoms with van der Waals surface area (Å²) in [6.45, 7) is 1.80. The molecular weight excluding hydrogens is 338 g/mol. The summed E-state index contributed by atoms with van der Waals surface area (Å²) in [7, 11) is 0. The first kappa shape index (κ1) is 15.0. The van der Waals surface area contributed by atoms with Gasteiger partial charge in [-0.3, -0.25) is 0 Å². The molecule has 0 fully saturated rings. The van der Waals surface area contributed by atoms with E-state index in [2.05, 4.69) is 56.8 Å². The van der Waals surface area contributed by atoms with Gasteiger partial charge in [-0.2, -0.15) is 5.10 Å². The monoisotopic (exact) mass is 355 g/mol. The minimum Gasteiger partial charge on any atom is -0.312 e. The summed E-state index contributed by atoms with van der Waals surface area (Å²) < 4.78 is 2.98. The minimum atomic E-state index is 0.837. The van der Waals surface area contributed by atoms with Crippen LogP contribution in [0.25, 0.3) is 5.69 Å². The molecule has 0 bridgehead atoms. The molecular formula is C18H18BrN3. The van der Waals surface area contributed by atoms with E-state index in [-0.39, 0.29) is 0 Å². The van der Waals surface area contributed by atoms with E-state index < -0.39 is 0 Å². The second kappa shape index (κ2) is 7.38. The van der Waals surface area contributed by atoms with Crippen molar-refractivity contribution in [3.8, 4) is 5.69 Å². The molecule has 3 aromatic rings. The molecule has 0 aliphatic carbocycles. The van der Waals surface area contributed by atoms with Gasteiger partial charge < -0.3 is 5.32 Å². The molecule has 112 valence electrons. The summed E-state index contributed by atoms with van der Waals surface area (Å²) in [5, 5.41) is 7.88. The second-order valence-corrected chi connectivity index (χ2v) is 6.10. The molecule has 0 atom stereocenters. The first-order valence-corrected chi connectivity index (χ1v) is 8.15. The second-order valence-electron chi connectivity index (χ2n) is 5.18. The topological polar surface area (TPSA) is 29.9 Å². The van der Waals surface area contributed by atoms with Gasteiger partial charge in [0, 0.05) is 22.8 Å². The SMILES string of the molecule is Brc1ccc(-n2cc(CNCCc3ccccc3)cn2)cc1. The van der Waals surface area contributed by atoms with Crippen molar-refractivity contribution in [2.45, 2.75) is 13.0 Å². The van der Waals surface area contributed by atoms with Gasteiger partial charge in [0.1, 0.15) is 0 Å². The van der Waals surface area contributed by atoms with Crippen LogP contribution in [-0.2, 0) is 13.0 Å². The Morgan fingerprint density at radius 1 is 0.955 bits per heavy atom. The largest absolute Gasteiger partial charge is 0.312 e. The molecule has 0 aliphatic rings. The third-order valence-electron chi connectivity index (χ3n) is 3.49. The Bertz CT molecular complexity index is 705. The molecule has 2 aromatic carbocycles. The van der Waals surface area contributed by atoms with E-state index in [1.165, 1.54) is 11.1 Å². The van der Waals surface area contributed by atoms with E-state index in [0.717, 1.165) is 29.7 Å². The van der Waals surface area contributed by atoms with E-state index >= 15 is 0 Å². The van der Waals surface area contributed by atoms with Gasteiger partial charge in [-0.25, -0.2) is 4.68 Å². The Hall–Kier alpha value is -1.91. The van der Waals surface area contributed by atoms with Crippen LogP contribution in [0.1, 0.15) is 11.1 Å². The molecule has 0 saturated carbocycles. The molecule has 22 heavy (non-hydrogen) atoms. The number of nitrogens with one attached hydrogen (secondary N) is 1. The first-order chi connectivity index (χ1) is 10.8. The number of benzene rings is 2. The highest BCUT2D eigenvalue weighted by molar-refractivity contribution is 9.10. The summed E-state index contributed by atoms with van der Waals surface area (Å²) in [6, 6.07) is 18.7. The van der Waals surface area contributed by atoms with Crippen LogP contribution in [0.5, 0.6) is 0 Å². The molecule has 0 radical (unpaired) electrons. The van der Waals surface area contributed by atoms with Crippen LogP contribution in [0.15, 0.2) is 71.5 Å². The maximum atomic E-state index is 4.41. The lowest BCUT2D eigenvalue weighted by molar-refractivity contribution is 0.687. The van der Waals surface area contributed by atoms with Crippen LogP contribution in [-0.4, -0.2) is 16.3 Å². The van der Waals surface area contributed by atoms with Crippen LogP contribution in [0.4, 0.5) is 0 Å². The molecule has 3 rings (SSSR count). The van der Waals surface area contributed by atoms with Crippen molar-refractivity contribution in [1.29, 1.82) is 0 Å². The highest BCUT2D eigenvalue weighted by atomic mass is 79.9. The number of aromatic nitrogens is 2. The fourth-order valence-corrected chi connectivity index (χ4v) is 2.56. The zero-order valence-electron chi connectivity index (χ0n) is 12.2. The maximum Gasteiger partial charge on any atom is 0.0646 e. The summed E-state index contributed by atoms with van der Waals surface area (Å²) >= 11 is 3.44. The summed E-state index contributed by atoms with van der Waals surface area (Å²) in [6.07, 6.45) is 5.03. The van der Waals surface area contributed by atoms with E-state index in [1.54, 1.807) is 0 Å². The number of rotatable bonds is 6. The predicted molar refractivity (Wildman–Crippen MR) is 93.1 cm³/mol. The summed E-state index contributed by atoms with van der Waals surface area (Å²) in [5.74, 6) is 0. The molecule has 1 aromatic heterocycles. The molecule has 0 saturated heterocycles. The van der Waals surface area contributed by atoms with E-state index in [0.29, 0.717) is 0 Å². The molecule has 0 amide bonds. The van der Waals surface area contributed by atoms with Gasteiger partial charge in [0.2, 0.25) is 0 Å². The Morgan fingerprint density at radius 2 is 1.73 bits per heavy atom. The van der Waals surface area contributed by atoms with Crippen molar-refractivity contribution in [3.05, 3.63) is 82.6 Å². The lowest BCUT2D eigenvalue weighted by Crippen LogP contribution is -2.16. The Morgan fingerprint density at radius 3 is 2.50 bits per heavy atom. The van der Waals surface area contributed by atoms with Crippen LogP contribution in [0.3, 0.4) is 0 Å². The standard InChI is InChI=1S/C18H18BrN3/c19-17-6-8-18(9-7-17)22-14-16(13-21-22)12-20-11-10-15-4-2-1-3-5-15/h1-9,13-14,20H,10-12H2. The van der Waals surface area contributed by atoms with Crippen LogP contribution >= 0.6 is 15.9 Å². The van der Waals surface area contributed by atoms with Gasteiger partial charge in [-0.05, 0) is 42.8 Å². The molecule has 4 heteroatoms. The van der Waals surface area contributed by atoms with Crippen molar-refractivity contribution in [3.63, 3.8) is 0 Å². The van der Waals surface area contributed by atoms with Crippen LogP contribution in [0.2, 0.25) is 0 Å². The highest BCUT2D eigenvalue weighted by Gasteiger charge is 2.01. The van der Waals surface area contributed by atoms with Crippen LogP contribution < -0.4 is 5.32 Å². The molecule has 0 spiro atoms. The average Bonchev–Trinajstić information content (AvgIpc) is 3.02. The maximum absolute atomic E-state index is 4.41. The summed E-state index contributed by atoms with van der Waals surface area (Å²) in [5.41, 5.74) is 3.62.